The lowest BCUT2D eigenvalue weighted by atomic mass is 10.1. The molecule has 0 bridgehead atoms. The number of methoxy groups -OCH3 is 1. The standard InChI is InChI=1S/C18H23NO/c1-14-11-12-17(15(2)18(14)20-3)19-13-7-10-16-8-5-4-6-9-16/h4-6,8-9,11-12,19H,7,10,13H2,1-3H3. The topological polar surface area (TPSA) is 21.3 Å². The number of anilines is 1. The number of ether oxygens (including phenoxy) is 1. The Morgan fingerprint density at radius 1 is 1.00 bits per heavy atom. The summed E-state index contributed by atoms with van der Waals surface area (Å²) in [5.74, 6) is 0.984. The van der Waals surface area contributed by atoms with Gasteiger partial charge in [-0.05, 0) is 43.9 Å². The Morgan fingerprint density at radius 3 is 2.45 bits per heavy atom. The number of nitrogens with one attached hydrogen (secondary N) is 1. The maximum atomic E-state index is 5.45. The Morgan fingerprint density at radius 2 is 1.75 bits per heavy atom. The second-order valence-electron chi connectivity index (χ2n) is 5.10. The van der Waals surface area contributed by atoms with E-state index in [1.165, 1.54) is 22.4 Å². The normalized spacial score (nSPS) is 10.3. The number of hydrogen-bond acceptors (Lipinski definition) is 2. The quantitative estimate of drug-likeness (QED) is 0.787. The molecule has 0 aliphatic heterocycles. The lowest BCUT2D eigenvalue weighted by Crippen LogP contribution is -2.05. The fourth-order valence-corrected chi connectivity index (χ4v) is 2.49. The molecule has 0 unspecified atom stereocenters. The fraction of sp³-hybridized carbons (Fsp3) is 0.333. The van der Waals surface area contributed by atoms with Gasteiger partial charge in [-0.15, -0.1) is 0 Å². The van der Waals surface area contributed by atoms with Crippen LogP contribution in [0.1, 0.15) is 23.1 Å². The zero-order valence-corrected chi connectivity index (χ0v) is 12.6. The molecule has 0 saturated carbocycles. The van der Waals surface area contributed by atoms with E-state index < -0.39 is 0 Å². The molecule has 0 fully saturated rings. The molecule has 2 rings (SSSR count). The zero-order valence-electron chi connectivity index (χ0n) is 12.6. The first-order valence-corrected chi connectivity index (χ1v) is 7.14. The van der Waals surface area contributed by atoms with Gasteiger partial charge in [-0.25, -0.2) is 0 Å². The smallest absolute Gasteiger partial charge is 0.126 e. The van der Waals surface area contributed by atoms with Gasteiger partial charge in [0.1, 0.15) is 5.75 Å². The van der Waals surface area contributed by atoms with Crippen molar-refractivity contribution in [3.63, 3.8) is 0 Å². The summed E-state index contributed by atoms with van der Waals surface area (Å²) in [5, 5.41) is 3.51. The largest absolute Gasteiger partial charge is 0.496 e. The lowest BCUT2D eigenvalue weighted by Gasteiger charge is -2.14. The van der Waals surface area contributed by atoms with E-state index in [4.69, 9.17) is 4.74 Å². The van der Waals surface area contributed by atoms with Crippen LogP contribution in [0, 0.1) is 13.8 Å². The third kappa shape index (κ3) is 3.53. The van der Waals surface area contributed by atoms with Crippen LogP contribution < -0.4 is 10.1 Å². The first kappa shape index (κ1) is 14.4. The van der Waals surface area contributed by atoms with Gasteiger partial charge in [0.05, 0.1) is 7.11 Å². The molecular formula is C18H23NO. The van der Waals surface area contributed by atoms with Crippen LogP contribution in [0.5, 0.6) is 5.75 Å². The first-order chi connectivity index (χ1) is 9.72. The van der Waals surface area contributed by atoms with Gasteiger partial charge in [0.2, 0.25) is 0 Å². The molecule has 2 aromatic carbocycles. The van der Waals surface area contributed by atoms with Crippen molar-refractivity contribution in [2.75, 3.05) is 19.0 Å². The summed E-state index contributed by atoms with van der Waals surface area (Å²) < 4.78 is 5.45. The molecule has 0 aromatic heterocycles. The second kappa shape index (κ2) is 6.99. The highest BCUT2D eigenvalue weighted by Crippen LogP contribution is 2.29. The molecule has 0 atom stereocenters. The predicted octanol–water partition coefficient (Wildman–Crippen LogP) is 4.36. The molecule has 0 saturated heterocycles. The Balaban J connectivity index is 1.88. The lowest BCUT2D eigenvalue weighted by molar-refractivity contribution is 0.409. The molecule has 0 amide bonds. The summed E-state index contributed by atoms with van der Waals surface area (Å²) in [6.07, 6.45) is 2.23. The molecular weight excluding hydrogens is 246 g/mol. The third-order valence-corrected chi connectivity index (χ3v) is 3.61. The van der Waals surface area contributed by atoms with Crippen LogP contribution in [0.2, 0.25) is 0 Å². The van der Waals surface area contributed by atoms with Crippen molar-refractivity contribution in [1.82, 2.24) is 0 Å². The van der Waals surface area contributed by atoms with Crippen molar-refractivity contribution in [2.45, 2.75) is 26.7 Å². The third-order valence-electron chi connectivity index (χ3n) is 3.61. The molecule has 0 aliphatic carbocycles. The molecule has 0 spiro atoms. The average molecular weight is 269 g/mol. The SMILES string of the molecule is COc1c(C)ccc(NCCCc2ccccc2)c1C. The minimum absolute atomic E-state index is 0.974. The van der Waals surface area contributed by atoms with E-state index in [9.17, 15) is 0 Å². The summed E-state index contributed by atoms with van der Waals surface area (Å²) in [6, 6.07) is 14.8. The number of hydrogen-bond donors (Lipinski definition) is 1. The van der Waals surface area contributed by atoms with Crippen molar-refractivity contribution in [1.29, 1.82) is 0 Å². The van der Waals surface area contributed by atoms with Crippen LogP contribution in [0.3, 0.4) is 0 Å². The Hall–Kier alpha value is -1.96. The number of rotatable bonds is 6. The van der Waals surface area contributed by atoms with E-state index in [-0.39, 0.29) is 0 Å². The van der Waals surface area contributed by atoms with E-state index in [1.54, 1.807) is 7.11 Å². The Bertz CT molecular complexity index is 549. The fourth-order valence-electron chi connectivity index (χ4n) is 2.49. The van der Waals surface area contributed by atoms with Crippen LogP contribution in [0.15, 0.2) is 42.5 Å². The Labute approximate surface area is 121 Å². The van der Waals surface area contributed by atoms with E-state index in [0.717, 1.165) is 25.1 Å². The number of benzene rings is 2. The van der Waals surface area contributed by atoms with Gasteiger partial charge in [-0.3, -0.25) is 0 Å². The van der Waals surface area contributed by atoms with Crippen LogP contribution >= 0.6 is 0 Å². The Kier molecular flexibility index (Phi) is 5.05. The molecule has 0 radical (unpaired) electrons. The monoisotopic (exact) mass is 269 g/mol. The van der Waals surface area contributed by atoms with Gasteiger partial charge >= 0.3 is 0 Å². The van der Waals surface area contributed by atoms with Gasteiger partial charge in [-0.2, -0.15) is 0 Å². The molecule has 2 nitrogen and oxygen atoms in total. The van der Waals surface area contributed by atoms with Crippen LogP contribution in [-0.2, 0) is 6.42 Å². The summed E-state index contributed by atoms with van der Waals surface area (Å²) >= 11 is 0. The van der Waals surface area contributed by atoms with Crippen molar-refractivity contribution >= 4 is 5.69 Å². The number of aryl methyl sites for hydroxylation is 2. The zero-order chi connectivity index (χ0) is 14.4. The van der Waals surface area contributed by atoms with Crippen molar-refractivity contribution in [2.24, 2.45) is 0 Å². The summed E-state index contributed by atoms with van der Waals surface area (Å²) in [6.45, 7) is 5.15. The van der Waals surface area contributed by atoms with E-state index in [2.05, 4.69) is 61.6 Å². The first-order valence-electron chi connectivity index (χ1n) is 7.14. The highest BCUT2D eigenvalue weighted by molar-refractivity contribution is 5.59. The minimum Gasteiger partial charge on any atom is -0.496 e. The summed E-state index contributed by atoms with van der Waals surface area (Å²) in [4.78, 5) is 0. The van der Waals surface area contributed by atoms with Crippen LogP contribution in [0.4, 0.5) is 5.69 Å². The summed E-state index contributed by atoms with van der Waals surface area (Å²) in [7, 11) is 1.73. The predicted molar refractivity (Wildman–Crippen MR) is 85.7 cm³/mol. The van der Waals surface area contributed by atoms with Gasteiger partial charge in [-0.1, -0.05) is 36.4 Å². The van der Waals surface area contributed by atoms with Crippen molar-refractivity contribution in [3.05, 3.63) is 59.2 Å². The van der Waals surface area contributed by atoms with Gasteiger partial charge in [0, 0.05) is 17.8 Å². The molecule has 0 aliphatic rings. The highest BCUT2D eigenvalue weighted by atomic mass is 16.5. The van der Waals surface area contributed by atoms with Crippen molar-refractivity contribution < 1.29 is 4.74 Å². The maximum Gasteiger partial charge on any atom is 0.126 e. The molecule has 106 valence electrons. The second-order valence-corrected chi connectivity index (χ2v) is 5.10. The molecule has 20 heavy (non-hydrogen) atoms. The van der Waals surface area contributed by atoms with Crippen LogP contribution in [0.25, 0.3) is 0 Å². The van der Waals surface area contributed by atoms with Crippen LogP contribution in [-0.4, -0.2) is 13.7 Å². The highest BCUT2D eigenvalue weighted by Gasteiger charge is 2.07. The van der Waals surface area contributed by atoms with Gasteiger partial charge in [0.15, 0.2) is 0 Å². The van der Waals surface area contributed by atoms with E-state index >= 15 is 0 Å². The van der Waals surface area contributed by atoms with E-state index in [0.29, 0.717) is 0 Å². The maximum absolute atomic E-state index is 5.45. The summed E-state index contributed by atoms with van der Waals surface area (Å²) in [5.41, 5.74) is 4.93. The minimum atomic E-state index is 0.974. The van der Waals surface area contributed by atoms with Gasteiger partial charge in [0.25, 0.3) is 0 Å². The molecule has 2 heteroatoms. The molecule has 0 heterocycles. The molecule has 2 aromatic rings. The molecule has 1 N–H and O–H groups in total. The average Bonchev–Trinajstić information content (AvgIpc) is 2.47. The van der Waals surface area contributed by atoms with Gasteiger partial charge < -0.3 is 10.1 Å². The van der Waals surface area contributed by atoms with Crippen molar-refractivity contribution in [3.8, 4) is 5.75 Å². The van der Waals surface area contributed by atoms with E-state index in [1.807, 2.05) is 0 Å².